The molecular weight excluding hydrogens is 294 g/mol. The Balaban J connectivity index is 2.82. The quantitative estimate of drug-likeness (QED) is 0.711. The van der Waals surface area contributed by atoms with Gasteiger partial charge in [-0.3, -0.25) is 4.79 Å². The minimum absolute atomic E-state index is 0.00559. The largest absolute Gasteiger partial charge is 0.435 e. The van der Waals surface area contributed by atoms with E-state index in [1.165, 1.54) is 0 Å². The second kappa shape index (κ2) is 9.26. The van der Waals surface area contributed by atoms with Gasteiger partial charge in [-0.1, -0.05) is 26.7 Å². The Morgan fingerprint density at radius 1 is 1.17 bits per heavy atom. The number of amides is 1. The van der Waals surface area contributed by atoms with Crippen LogP contribution >= 0.6 is 0 Å². The Bertz CT molecular complexity index is 386. The van der Waals surface area contributed by atoms with Crippen molar-refractivity contribution in [2.75, 3.05) is 0 Å². The van der Waals surface area contributed by atoms with Crippen molar-refractivity contribution in [2.45, 2.75) is 104 Å². The van der Waals surface area contributed by atoms with Crippen LogP contribution in [-0.4, -0.2) is 47.2 Å². The van der Waals surface area contributed by atoms with Crippen molar-refractivity contribution >= 4 is 11.9 Å². The van der Waals surface area contributed by atoms with Gasteiger partial charge in [-0.05, 0) is 40.5 Å². The normalized spacial score (nSPS) is 25.0. The van der Waals surface area contributed by atoms with Crippen LogP contribution in [0.2, 0.25) is 0 Å². The first-order chi connectivity index (χ1) is 10.8. The third-order valence-electron chi connectivity index (χ3n) is 4.19. The Kier molecular flexibility index (Phi) is 8.03. The van der Waals surface area contributed by atoms with Crippen LogP contribution in [0.3, 0.4) is 0 Å². The third kappa shape index (κ3) is 5.48. The summed E-state index contributed by atoms with van der Waals surface area (Å²) in [6, 6.07) is 0.0548. The van der Waals surface area contributed by atoms with Crippen LogP contribution in [0, 0.1) is 0 Å². The van der Waals surface area contributed by atoms with Gasteiger partial charge in [-0.25, -0.2) is 4.79 Å². The summed E-state index contributed by atoms with van der Waals surface area (Å²) in [6.45, 7) is 11.9. The highest BCUT2D eigenvalue weighted by molar-refractivity contribution is 5.87. The molecule has 5 nitrogen and oxygen atoms in total. The summed E-state index contributed by atoms with van der Waals surface area (Å²) in [6.07, 6.45) is 2.27. The average Bonchev–Trinajstić information content (AvgIpc) is 2.42. The SMILES string of the molecule is CCC[C@H]1CC(=O)[C@@H](OC(=O)N(C(C)C)C(C)C)[C@@H](CCC)O1. The van der Waals surface area contributed by atoms with Crippen molar-refractivity contribution in [1.82, 2.24) is 4.90 Å². The molecule has 1 fully saturated rings. The van der Waals surface area contributed by atoms with Gasteiger partial charge in [0.25, 0.3) is 0 Å². The zero-order chi connectivity index (χ0) is 17.6. The number of carbonyl (C=O) groups is 2. The second-order valence-corrected chi connectivity index (χ2v) is 6.94. The zero-order valence-electron chi connectivity index (χ0n) is 15.5. The van der Waals surface area contributed by atoms with Crippen LogP contribution in [0.15, 0.2) is 0 Å². The maximum absolute atomic E-state index is 12.5. The minimum Gasteiger partial charge on any atom is -0.435 e. The Morgan fingerprint density at radius 2 is 1.74 bits per heavy atom. The van der Waals surface area contributed by atoms with E-state index in [0.29, 0.717) is 6.42 Å². The zero-order valence-corrected chi connectivity index (χ0v) is 15.5. The topological polar surface area (TPSA) is 55.8 Å². The summed E-state index contributed by atoms with van der Waals surface area (Å²) >= 11 is 0. The molecule has 0 aromatic rings. The summed E-state index contributed by atoms with van der Waals surface area (Å²) in [5.41, 5.74) is 0. The lowest BCUT2D eigenvalue weighted by molar-refractivity contribution is -0.161. The van der Waals surface area contributed by atoms with Gasteiger partial charge in [0.2, 0.25) is 0 Å². The van der Waals surface area contributed by atoms with Gasteiger partial charge >= 0.3 is 6.09 Å². The molecule has 1 aliphatic rings. The maximum Gasteiger partial charge on any atom is 0.411 e. The Labute approximate surface area is 140 Å². The fraction of sp³-hybridized carbons (Fsp3) is 0.889. The molecule has 1 saturated heterocycles. The van der Waals surface area contributed by atoms with Gasteiger partial charge in [0.1, 0.15) is 6.10 Å². The average molecular weight is 327 g/mol. The van der Waals surface area contributed by atoms with E-state index in [9.17, 15) is 9.59 Å². The van der Waals surface area contributed by atoms with Gasteiger partial charge < -0.3 is 14.4 Å². The lowest BCUT2D eigenvalue weighted by Gasteiger charge is -2.37. The number of nitrogens with zero attached hydrogens (tertiary/aromatic N) is 1. The summed E-state index contributed by atoms with van der Waals surface area (Å²) in [5.74, 6) is -0.00559. The van der Waals surface area contributed by atoms with Crippen LogP contribution in [0.1, 0.15) is 73.6 Å². The molecule has 1 amide bonds. The maximum atomic E-state index is 12.5. The highest BCUT2D eigenvalue weighted by Crippen LogP contribution is 2.26. The molecule has 0 bridgehead atoms. The standard InChI is InChI=1S/C18H33NO4/c1-7-9-14-11-15(20)17(16(22-14)10-8-2)23-18(21)19(12(3)4)13(5)6/h12-14,16-17H,7-11H2,1-6H3/t14-,16+,17+/m0/s1. The van der Waals surface area contributed by atoms with Crippen molar-refractivity contribution < 1.29 is 19.1 Å². The lowest BCUT2D eigenvalue weighted by Crippen LogP contribution is -2.51. The molecule has 0 unspecified atom stereocenters. The van der Waals surface area contributed by atoms with E-state index in [0.717, 1.165) is 25.7 Å². The molecular formula is C18H33NO4. The predicted molar refractivity (Wildman–Crippen MR) is 90.5 cm³/mol. The van der Waals surface area contributed by atoms with Crippen molar-refractivity contribution in [3.05, 3.63) is 0 Å². The molecule has 23 heavy (non-hydrogen) atoms. The van der Waals surface area contributed by atoms with Crippen LogP contribution in [0.25, 0.3) is 0 Å². The molecule has 0 aromatic carbocycles. The van der Waals surface area contributed by atoms with Crippen molar-refractivity contribution in [3.63, 3.8) is 0 Å². The van der Waals surface area contributed by atoms with Gasteiger partial charge in [0, 0.05) is 18.5 Å². The first-order valence-corrected chi connectivity index (χ1v) is 8.98. The van der Waals surface area contributed by atoms with Gasteiger partial charge in [0.05, 0.1) is 6.10 Å². The van der Waals surface area contributed by atoms with Crippen LogP contribution in [0.5, 0.6) is 0 Å². The number of rotatable bonds is 7. The van der Waals surface area contributed by atoms with E-state index in [1.807, 2.05) is 34.6 Å². The van der Waals surface area contributed by atoms with E-state index in [2.05, 4.69) is 6.92 Å². The Hall–Kier alpha value is -1.10. The van der Waals surface area contributed by atoms with E-state index in [1.54, 1.807) is 4.90 Å². The van der Waals surface area contributed by atoms with E-state index in [-0.39, 0.29) is 30.1 Å². The number of carbonyl (C=O) groups excluding carboxylic acids is 2. The molecule has 134 valence electrons. The molecule has 3 atom stereocenters. The summed E-state index contributed by atoms with van der Waals surface area (Å²) in [4.78, 5) is 26.6. The van der Waals surface area contributed by atoms with E-state index >= 15 is 0 Å². The van der Waals surface area contributed by atoms with Gasteiger partial charge in [0.15, 0.2) is 11.9 Å². The number of hydrogen-bond acceptors (Lipinski definition) is 4. The Morgan fingerprint density at radius 3 is 2.22 bits per heavy atom. The fourth-order valence-corrected chi connectivity index (χ4v) is 3.24. The molecule has 0 radical (unpaired) electrons. The summed E-state index contributed by atoms with van der Waals surface area (Å²) in [7, 11) is 0. The van der Waals surface area contributed by atoms with Crippen LogP contribution in [-0.2, 0) is 14.3 Å². The minimum atomic E-state index is -0.768. The summed E-state index contributed by atoms with van der Waals surface area (Å²) in [5, 5.41) is 0. The van der Waals surface area contributed by atoms with Crippen molar-refractivity contribution in [3.8, 4) is 0 Å². The fourth-order valence-electron chi connectivity index (χ4n) is 3.24. The molecule has 0 spiro atoms. The molecule has 0 N–H and O–H groups in total. The highest BCUT2D eigenvalue weighted by atomic mass is 16.6. The third-order valence-corrected chi connectivity index (χ3v) is 4.19. The second-order valence-electron chi connectivity index (χ2n) is 6.94. The van der Waals surface area contributed by atoms with Crippen LogP contribution < -0.4 is 0 Å². The predicted octanol–water partition coefficient (Wildman–Crippen LogP) is 3.94. The van der Waals surface area contributed by atoms with Crippen molar-refractivity contribution in [2.24, 2.45) is 0 Å². The number of Topliss-reactive ketones (excluding diaryl/α,β-unsaturated/α-hetero) is 1. The van der Waals surface area contributed by atoms with E-state index < -0.39 is 12.2 Å². The van der Waals surface area contributed by atoms with Crippen LogP contribution in [0.4, 0.5) is 4.79 Å². The molecule has 1 aliphatic heterocycles. The summed E-state index contributed by atoms with van der Waals surface area (Å²) < 4.78 is 11.6. The monoisotopic (exact) mass is 327 g/mol. The molecule has 5 heteroatoms. The smallest absolute Gasteiger partial charge is 0.411 e. The lowest BCUT2D eigenvalue weighted by atomic mass is 9.94. The first-order valence-electron chi connectivity index (χ1n) is 8.98. The van der Waals surface area contributed by atoms with Gasteiger partial charge in [-0.15, -0.1) is 0 Å². The van der Waals surface area contributed by atoms with E-state index in [4.69, 9.17) is 9.47 Å². The number of ether oxygens (including phenoxy) is 2. The van der Waals surface area contributed by atoms with Gasteiger partial charge in [-0.2, -0.15) is 0 Å². The molecule has 0 saturated carbocycles. The molecule has 1 rings (SSSR count). The molecule has 0 aliphatic carbocycles. The number of ketones is 1. The highest BCUT2D eigenvalue weighted by Gasteiger charge is 2.40. The van der Waals surface area contributed by atoms with Crippen molar-refractivity contribution in [1.29, 1.82) is 0 Å². The number of hydrogen-bond donors (Lipinski definition) is 0. The first kappa shape index (κ1) is 19.9. The molecule has 1 heterocycles. The molecule has 0 aromatic heterocycles.